The molecule has 4 rings (SSSR count). The van der Waals surface area contributed by atoms with Crippen LogP contribution in [0.25, 0.3) is 11.1 Å². The molecule has 1 saturated heterocycles. The second-order valence-electron chi connectivity index (χ2n) is 7.77. The van der Waals surface area contributed by atoms with Crippen LogP contribution in [0.15, 0.2) is 78.9 Å². The highest BCUT2D eigenvalue weighted by atomic mass is 16.2. The average Bonchev–Trinajstić information content (AvgIpc) is 2.80. The summed E-state index contributed by atoms with van der Waals surface area (Å²) in [5.74, 6) is 0.0189. The van der Waals surface area contributed by atoms with Crippen molar-refractivity contribution in [2.45, 2.75) is 25.8 Å². The molecule has 3 aromatic carbocycles. The van der Waals surface area contributed by atoms with Gasteiger partial charge in [-0.25, -0.2) is 0 Å². The van der Waals surface area contributed by atoms with E-state index in [1.807, 2.05) is 90.7 Å². The van der Waals surface area contributed by atoms with Gasteiger partial charge in [0.15, 0.2) is 0 Å². The van der Waals surface area contributed by atoms with Crippen LogP contribution in [0, 0.1) is 6.92 Å². The lowest BCUT2D eigenvalue weighted by molar-refractivity contribution is 0.0699. The number of piperidine rings is 1. The van der Waals surface area contributed by atoms with Crippen molar-refractivity contribution in [2.75, 3.05) is 13.1 Å². The van der Waals surface area contributed by atoms with Gasteiger partial charge in [-0.3, -0.25) is 9.59 Å². The van der Waals surface area contributed by atoms with Crippen molar-refractivity contribution in [2.24, 2.45) is 0 Å². The van der Waals surface area contributed by atoms with Gasteiger partial charge in [0.25, 0.3) is 11.8 Å². The summed E-state index contributed by atoms with van der Waals surface area (Å²) < 4.78 is 0. The van der Waals surface area contributed by atoms with Gasteiger partial charge in [-0.2, -0.15) is 0 Å². The van der Waals surface area contributed by atoms with Crippen molar-refractivity contribution in [1.29, 1.82) is 0 Å². The zero-order valence-corrected chi connectivity index (χ0v) is 17.2. The predicted molar refractivity (Wildman–Crippen MR) is 119 cm³/mol. The molecule has 1 heterocycles. The molecule has 2 amide bonds. The number of nitrogens with one attached hydrogen (secondary N) is 1. The third kappa shape index (κ3) is 4.28. The van der Waals surface area contributed by atoms with E-state index in [4.69, 9.17) is 0 Å². The molecule has 0 bridgehead atoms. The van der Waals surface area contributed by atoms with E-state index in [9.17, 15) is 9.59 Å². The zero-order valence-electron chi connectivity index (χ0n) is 17.2. The largest absolute Gasteiger partial charge is 0.349 e. The van der Waals surface area contributed by atoms with Crippen molar-refractivity contribution < 1.29 is 9.59 Å². The Morgan fingerprint density at radius 1 is 0.800 bits per heavy atom. The first-order valence-corrected chi connectivity index (χ1v) is 10.4. The van der Waals surface area contributed by atoms with Gasteiger partial charge in [0, 0.05) is 30.3 Å². The summed E-state index contributed by atoms with van der Waals surface area (Å²) in [6, 6.07) is 25.5. The summed E-state index contributed by atoms with van der Waals surface area (Å²) in [5.41, 5.74) is 4.42. The third-order valence-corrected chi connectivity index (χ3v) is 5.75. The molecule has 0 aliphatic carbocycles. The van der Waals surface area contributed by atoms with Gasteiger partial charge in [0.1, 0.15) is 0 Å². The summed E-state index contributed by atoms with van der Waals surface area (Å²) in [4.78, 5) is 27.7. The van der Waals surface area contributed by atoms with Crippen LogP contribution in [-0.2, 0) is 0 Å². The molecule has 4 heteroatoms. The number of hydrogen-bond acceptors (Lipinski definition) is 2. The number of rotatable bonds is 4. The van der Waals surface area contributed by atoms with Crippen molar-refractivity contribution in [1.82, 2.24) is 10.2 Å². The van der Waals surface area contributed by atoms with Gasteiger partial charge in [-0.15, -0.1) is 0 Å². The van der Waals surface area contributed by atoms with Crippen LogP contribution in [0.4, 0.5) is 0 Å². The van der Waals surface area contributed by atoms with E-state index in [0.717, 1.165) is 35.1 Å². The first-order valence-electron chi connectivity index (χ1n) is 10.4. The minimum atomic E-state index is -0.0349. The molecule has 152 valence electrons. The molecule has 0 unspecified atom stereocenters. The normalized spacial score (nSPS) is 14.4. The Kier molecular flexibility index (Phi) is 5.94. The maximum Gasteiger partial charge on any atom is 0.254 e. The van der Waals surface area contributed by atoms with Crippen molar-refractivity contribution in [3.8, 4) is 11.1 Å². The molecule has 0 atom stereocenters. The van der Waals surface area contributed by atoms with E-state index in [1.165, 1.54) is 0 Å². The standard InChI is InChI=1S/C26H26N2O2/c1-19-9-5-6-12-22(19)25(29)27-21-15-17-28(18-16-21)26(30)24-14-8-7-13-23(24)20-10-3-2-4-11-20/h2-14,21H,15-18H2,1H3,(H,27,29). The zero-order chi connectivity index (χ0) is 20.9. The molecule has 1 aliphatic rings. The highest BCUT2D eigenvalue weighted by Gasteiger charge is 2.26. The van der Waals surface area contributed by atoms with Gasteiger partial charge in [-0.05, 0) is 48.6 Å². The SMILES string of the molecule is Cc1ccccc1C(=O)NC1CCN(C(=O)c2ccccc2-c2ccccc2)CC1. The lowest BCUT2D eigenvalue weighted by Crippen LogP contribution is -2.46. The fourth-order valence-electron chi connectivity index (χ4n) is 4.03. The van der Waals surface area contributed by atoms with Crippen molar-refractivity contribution >= 4 is 11.8 Å². The van der Waals surface area contributed by atoms with Crippen LogP contribution in [0.1, 0.15) is 39.1 Å². The molecule has 0 aromatic heterocycles. The van der Waals surface area contributed by atoms with E-state index in [-0.39, 0.29) is 17.9 Å². The van der Waals surface area contributed by atoms with Crippen LogP contribution in [0.5, 0.6) is 0 Å². The minimum absolute atomic E-state index is 0.0349. The number of carbonyl (C=O) groups is 2. The first-order chi connectivity index (χ1) is 14.6. The minimum Gasteiger partial charge on any atom is -0.349 e. The molecular weight excluding hydrogens is 372 g/mol. The second-order valence-corrected chi connectivity index (χ2v) is 7.77. The van der Waals surface area contributed by atoms with Crippen molar-refractivity contribution in [3.05, 3.63) is 95.6 Å². The summed E-state index contributed by atoms with van der Waals surface area (Å²) in [5, 5.41) is 3.14. The molecule has 1 fully saturated rings. The summed E-state index contributed by atoms with van der Waals surface area (Å²) >= 11 is 0. The molecule has 1 aliphatic heterocycles. The van der Waals surface area contributed by atoms with Crippen molar-refractivity contribution in [3.63, 3.8) is 0 Å². The fourth-order valence-corrected chi connectivity index (χ4v) is 4.03. The lowest BCUT2D eigenvalue weighted by Gasteiger charge is -2.33. The monoisotopic (exact) mass is 398 g/mol. The van der Waals surface area contributed by atoms with Crippen LogP contribution >= 0.6 is 0 Å². The quantitative estimate of drug-likeness (QED) is 0.693. The molecule has 0 radical (unpaired) electrons. The number of nitrogens with zero attached hydrogens (tertiary/aromatic N) is 1. The first kappa shape index (κ1) is 19.9. The maximum atomic E-state index is 13.2. The Labute approximate surface area is 177 Å². The molecule has 4 nitrogen and oxygen atoms in total. The third-order valence-electron chi connectivity index (χ3n) is 5.75. The Morgan fingerprint density at radius 2 is 1.40 bits per heavy atom. The summed E-state index contributed by atoms with van der Waals surface area (Å²) in [7, 11) is 0. The van der Waals surface area contributed by atoms with E-state index < -0.39 is 0 Å². The van der Waals surface area contributed by atoms with Crippen LogP contribution in [0.3, 0.4) is 0 Å². The predicted octanol–water partition coefficient (Wildman–Crippen LogP) is 4.70. The molecule has 3 aromatic rings. The smallest absolute Gasteiger partial charge is 0.254 e. The topological polar surface area (TPSA) is 49.4 Å². The van der Waals surface area contributed by atoms with E-state index in [0.29, 0.717) is 18.7 Å². The molecule has 0 spiro atoms. The average molecular weight is 399 g/mol. The number of aryl methyl sites for hydroxylation is 1. The van der Waals surface area contributed by atoms with Gasteiger partial charge >= 0.3 is 0 Å². The van der Waals surface area contributed by atoms with Gasteiger partial charge in [-0.1, -0.05) is 66.7 Å². The Morgan fingerprint density at radius 3 is 2.10 bits per heavy atom. The van der Waals surface area contributed by atoms with Crippen LogP contribution in [-0.4, -0.2) is 35.8 Å². The molecule has 1 N–H and O–H groups in total. The Balaban J connectivity index is 1.41. The molecule has 0 saturated carbocycles. The Hall–Kier alpha value is -3.40. The molecular formula is C26H26N2O2. The highest BCUT2D eigenvalue weighted by Crippen LogP contribution is 2.25. The summed E-state index contributed by atoms with van der Waals surface area (Å²) in [6.07, 6.45) is 1.52. The summed E-state index contributed by atoms with van der Waals surface area (Å²) in [6.45, 7) is 3.22. The number of benzene rings is 3. The van der Waals surface area contributed by atoms with E-state index in [2.05, 4.69) is 5.32 Å². The number of likely N-dealkylation sites (tertiary alicyclic amines) is 1. The van der Waals surface area contributed by atoms with Gasteiger partial charge in [0.05, 0.1) is 0 Å². The Bertz CT molecular complexity index is 1040. The van der Waals surface area contributed by atoms with E-state index >= 15 is 0 Å². The highest BCUT2D eigenvalue weighted by molar-refractivity contribution is 6.01. The maximum absolute atomic E-state index is 13.2. The van der Waals surface area contributed by atoms with Gasteiger partial charge in [0.2, 0.25) is 0 Å². The second kappa shape index (κ2) is 8.95. The number of amides is 2. The molecule has 30 heavy (non-hydrogen) atoms. The van der Waals surface area contributed by atoms with Crippen LogP contribution in [0.2, 0.25) is 0 Å². The number of hydrogen-bond donors (Lipinski definition) is 1. The van der Waals surface area contributed by atoms with Gasteiger partial charge < -0.3 is 10.2 Å². The van der Waals surface area contributed by atoms with E-state index in [1.54, 1.807) is 0 Å². The lowest BCUT2D eigenvalue weighted by atomic mass is 9.97. The number of carbonyl (C=O) groups excluding carboxylic acids is 2. The van der Waals surface area contributed by atoms with Crippen LogP contribution < -0.4 is 5.32 Å². The fraction of sp³-hybridized carbons (Fsp3) is 0.231.